The van der Waals surface area contributed by atoms with Gasteiger partial charge in [0.25, 0.3) is 0 Å². The van der Waals surface area contributed by atoms with Crippen molar-refractivity contribution in [2.24, 2.45) is 0 Å². The standard InChI is InChI=1S/C15H15NO3/c1-11-5-4-7-13(16-11)10-19-14-8-3-2-6-12(14)9-15(17)18/h2-8H,9-10H2,1H3,(H,17,18). The monoisotopic (exact) mass is 257 g/mol. The van der Waals surface area contributed by atoms with Crippen LogP contribution in [0, 0.1) is 6.92 Å². The Bertz CT molecular complexity index is 581. The first-order valence-electron chi connectivity index (χ1n) is 6.00. The first-order valence-corrected chi connectivity index (χ1v) is 6.00. The molecule has 4 nitrogen and oxygen atoms in total. The van der Waals surface area contributed by atoms with Crippen molar-refractivity contribution >= 4 is 5.97 Å². The third kappa shape index (κ3) is 3.81. The van der Waals surface area contributed by atoms with Crippen LogP contribution in [0.1, 0.15) is 17.0 Å². The number of hydrogen-bond donors (Lipinski definition) is 1. The van der Waals surface area contributed by atoms with Gasteiger partial charge < -0.3 is 9.84 Å². The number of carbonyl (C=O) groups is 1. The molecule has 1 heterocycles. The lowest BCUT2D eigenvalue weighted by atomic mass is 10.1. The fourth-order valence-corrected chi connectivity index (χ4v) is 1.79. The molecule has 0 aliphatic rings. The number of pyridine rings is 1. The molecule has 0 fully saturated rings. The van der Waals surface area contributed by atoms with Crippen LogP contribution in [-0.4, -0.2) is 16.1 Å². The van der Waals surface area contributed by atoms with Crippen LogP contribution < -0.4 is 4.74 Å². The molecule has 98 valence electrons. The molecule has 0 saturated carbocycles. The Morgan fingerprint density at radius 3 is 2.74 bits per heavy atom. The molecule has 0 spiro atoms. The Morgan fingerprint density at radius 2 is 2.00 bits per heavy atom. The molecule has 4 heteroatoms. The molecule has 0 amide bonds. The van der Waals surface area contributed by atoms with Gasteiger partial charge in [-0.05, 0) is 25.1 Å². The summed E-state index contributed by atoms with van der Waals surface area (Å²) in [5, 5.41) is 8.85. The van der Waals surface area contributed by atoms with Crippen LogP contribution in [0.3, 0.4) is 0 Å². The summed E-state index contributed by atoms with van der Waals surface area (Å²) in [5.74, 6) is -0.280. The van der Waals surface area contributed by atoms with E-state index in [-0.39, 0.29) is 6.42 Å². The maximum absolute atomic E-state index is 10.8. The second-order valence-electron chi connectivity index (χ2n) is 4.24. The van der Waals surface area contributed by atoms with Gasteiger partial charge in [-0.15, -0.1) is 0 Å². The van der Waals surface area contributed by atoms with Gasteiger partial charge in [-0.25, -0.2) is 0 Å². The van der Waals surface area contributed by atoms with E-state index in [1.807, 2.05) is 31.2 Å². The summed E-state index contributed by atoms with van der Waals surface area (Å²) >= 11 is 0. The van der Waals surface area contributed by atoms with E-state index in [0.717, 1.165) is 11.4 Å². The molecule has 2 aromatic rings. The smallest absolute Gasteiger partial charge is 0.307 e. The minimum atomic E-state index is -0.871. The van der Waals surface area contributed by atoms with Gasteiger partial charge >= 0.3 is 5.97 Å². The number of ether oxygens (including phenoxy) is 1. The third-order valence-electron chi connectivity index (χ3n) is 2.64. The quantitative estimate of drug-likeness (QED) is 0.894. The number of aryl methyl sites for hydroxylation is 1. The number of aromatic nitrogens is 1. The normalized spacial score (nSPS) is 10.2. The highest BCUT2D eigenvalue weighted by Crippen LogP contribution is 2.19. The zero-order valence-electron chi connectivity index (χ0n) is 10.7. The number of carboxylic acids is 1. The maximum Gasteiger partial charge on any atom is 0.307 e. The number of carboxylic acid groups (broad SMARTS) is 1. The fraction of sp³-hybridized carbons (Fsp3) is 0.200. The van der Waals surface area contributed by atoms with E-state index in [9.17, 15) is 4.79 Å². The Kier molecular flexibility index (Phi) is 4.13. The van der Waals surface area contributed by atoms with Gasteiger partial charge in [0, 0.05) is 11.3 Å². The number of hydrogen-bond acceptors (Lipinski definition) is 3. The second-order valence-corrected chi connectivity index (χ2v) is 4.24. The zero-order chi connectivity index (χ0) is 13.7. The highest BCUT2D eigenvalue weighted by molar-refractivity contribution is 5.71. The molecular weight excluding hydrogens is 242 g/mol. The average molecular weight is 257 g/mol. The summed E-state index contributed by atoms with van der Waals surface area (Å²) < 4.78 is 5.65. The minimum Gasteiger partial charge on any atom is -0.487 e. The van der Waals surface area contributed by atoms with Crippen LogP contribution in [0.15, 0.2) is 42.5 Å². The van der Waals surface area contributed by atoms with Crippen molar-refractivity contribution in [3.8, 4) is 5.75 Å². The fourth-order valence-electron chi connectivity index (χ4n) is 1.79. The molecule has 2 rings (SSSR count). The number of aliphatic carboxylic acids is 1. The van der Waals surface area contributed by atoms with E-state index < -0.39 is 5.97 Å². The summed E-state index contributed by atoms with van der Waals surface area (Å²) in [6.45, 7) is 2.25. The Morgan fingerprint density at radius 1 is 1.21 bits per heavy atom. The molecule has 0 saturated heterocycles. The summed E-state index contributed by atoms with van der Waals surface area (Å²) in [6, 6.07) is 12.9. The van der Waals surface area contributed by atoms with Crippen LogP contribution in [0.4, 0.5) is 0 Å². The molecule has 1 N–H and O–H groups in total. The molecular formula is C15H15NO3. The van der Waals surface area contributed by atoms with E-state index >= 15 is 0 Å². The van der Waals surface area contributed by atoms with Crippen LogP contribution in [0.2, 0.25) is 0 Å². The molecule has 0 radical (unpaired) electrons. The van der Waals surface area contributed by atoms with Gasteiger partial charge in [-0.2, -0.15) is 0 Å². The lowest BCUT2D eigenvalue weighted by Gasteiger charge is -2.10. The minimum absolute atomic E-state index is 0.0442. The van der Waals surface area contributed by atoms with Crippen molar-refractivity contribution in [1.82, 2.24) is 4.98 Å². The van der Waals surface area contributed by atoms with Crippen molar-refractivity contribution in [2.75, 3.05) is 0 Å². The largest absolute Gasteiger partial charge is 0.487 e. The average Bonchev–Trinajstić information content (AvgIpc) is 2.37. The first-order chi connectivity index (χ1) is 9.15. The Labute approximate surface area is 111 Å². The van der Waals surface area contributed by atoms with Crippen LogP contribution in [-0.2, 0) is 17.8 Å². The van der Waals surface area contributed by atoms with Gasteiger partial charge in [0.2, 0.25) is 0 Å². The number of rotatable bonds is 5. The molecule has 0 aliphatic carbocycles. The predicted molar refractivity (Wildman–Crippen MR) is 71.1 cm³/mol. The van der Waals surface area contributed by atoms with Crippen molar-refractivity contribution in [3.63, 3.8) is 0 Å². The third-order valence-corrected chi connectivity index (χ3v) is 2.64. The van der Waals surface area contributed by atoms with Crippen LogP contribution in [0.5, 0.6) is 5.75 Å². The van der Waals surface area contributed by atoms with Gasteiger partial charge in [0.05, 0.1) is 12.1 Å². The molecule has 0 aliphatic heterocycles. The van der Waals surface area contributed by atoms with Gasteiger partial charge in [0.15, 0.2) is 0 Å². The van der Waals surface area contributed by atoms with E-state index in [4.69, 9.17) is 9.84 Å². The lowest BCUT2D eigenvalue weighted by Crippen LogP contribution is -2.05. The highest BCUT2D eigenvalue weighted by atomic mass is 16.5. The predicted octanol–water partition coefficient (Wildman–Crippen LogP) is 2.60. The summed E-state index contributed by atoms with van der Waals surface area (Å²) in [5.41, 5.74) is 2.42. The molecule has 0 bridgehead atoms. The number of para-hydroxylation sites is 1. The van der Waals surface area contributed by atoms with E-state index in [2.05, 4.69) is 4.98 Å². The van der Waals surface area contributed by atoms with Gasteiger partial charge in [0.1, 0.15) is 12.4 Å². The summed E-state index contributed by atoms with van der Waals surface area (Å²) in [4.78, 5) is 15.1. The van der Waals surface area contributed by atoms with Gasteiger partial charge in [-0.3, -0.25) is 9.78 Å². The SMILES string of the molecule is Cc1cccc(COc2ccccc2CC(=O)O)n1. The summed E-state index contributed by atoms with van der Waals surface area (Å²) in [6.07, 6.45) is -0.0442. The Hall–Kier alpha value is -2.36. The highest BCUT2D eigenvalue weighted by Gasteiger charge is 2.07. The second kappa shape index (κ2) is 6.00. The zero-order valence-corrected chi connectivity index (χ0v) is 10.7. The van der Waals surface area contributed by atoms with Crippen molar-refractivity contribution in [3.05, 3.63) is 59.4 Å². The first kappa shape index (κ1) is 13.1. The molecule has 19 heavy (non-hydrogen) atoms. The topological polar surface area (TPSA) is 59.4 Å². The maximum atomic E-state index is 10.8. The van der Waals surface area contributed by atoms with Crippen LogP contribution in [0.25, 0.3) is 0 Å². The molecule has 0 atom stereocenters. The molecule has 0 unspecified atom stereocenters. The van der Waals surface area contributed by atoms with Crippen molar-refractivity contribution < 1.29 is 14.6 Å². The number of benzene rings is 1. The number of nitrogens with zero attached hydrogens (tertiary/aromatic N) is 1. The van der Waals surface area contributed by atoms with E-state index in [0.29, 0.717) is 17.9 Å². The van der Waals surface area contributed by atoms with Crippen molar-refractivity contribution in [1.29, 1.82) is 0 Å². The lowest BCUT2D eigenvalue weighted by molar-refractivity contribution is -0.136. The summed E-state index contributed by atoms with van der Waals surface area (Å²) in [7, 11) is 0. The molecule has 1 aromatic heterocycles. The van der Waals surface area contributed by atoms with Crippen LogP contribution >= 0.6 is 0 Å². The van der Waals surface area contributed by atoms with E-state index in [1.165, 1.54) is 0 Å². The Balaban J connectivity index is 2.09. The van der Waals surface area contributed by atoms with E-state index in [1.54, 1.807) is 18.2 Å². The van der Waals surface area contributed by atoms with Gasteiger partial charge in [-0.1, -0.05) is 24.3 Å². The van der Waals surface area contributed by atoms with Crippen molar-refractivity contribution in [2.45, 2.75) is 20.0 Å². The molecule has 1 aromatic carbocycles.